The van der Waals surface area contributed by atoms with E-state index in [4.69, 9.17) is 4.74 Å². The second-order valence-electron chi connectivity index (χ2n) is 6.87. The Morgan fingerprint density at radius 1 is 0.893 bits per heavy atom. The first-order valence-electron chi connectivity index (χ1n) is 9.48. The number of phenols is 1. The molecular formula is C24H22N2O2. The van der Waals surface area contributed by atoms with Crippen LogP contribution < -0.4 is 4.74 Å². The minimum Gasteiger partial charge on any atom is -0.507 e. The van der Waals surface area contributed by atoms with Gasteiger partial charge in [-0.2, -0.15) is 4.98 Å². The van der Waals surface area contributed by atoms with Crippen LogP contribution in [0.25, 0.3) is 22.3 Å². The Kier molecular flexibility index (Phi) is 4.94. The van der Waals surface area contributed by atoms with E-state index >= 15 is 0 Å². The topological polar surface area (TPSA) is 55.2 Å². The molecule has 0 amide bonds. The van der Waals surface area contributed by atoms with Crippen molar-refractivity contribution in [1.29, 1.82) is 0 Å². The quantitative estimate of drug-likeness (QED) is 0.447. The molecule has 0 spiro atoms. The van der Waals surface area contributed by atoms with Gasteiger partial charge in [-0.1, -0.05) is 50.2 Å². The molecule has 0 bridgehead atoms. The monoisotopic (exact) mass is 370 g/mol. The van der Waals surface area contributed by atoms with Gasteiger partial charge < -0.3 is 9.84 Å². The van der Waals surface area contributed by atoms with Crippen LogP contribution in [0.5, 0.6) is 17.4 Å². The number of phenolic OH excluding ortho intramolecular Hbond substituents is 1. The van der Waals surface area contributed by atoms with E-state index in [-0.39, 0.29) is 5.75 Å². The summed E-state index contributed by atoms with van der Waals surface area (Å²) < 4.78 is 6.13. The Hall–Kier alpha value is -3.40. The zero-order valence-electron chi connectivity index (χ0n) is 16.0. The van der Waals surface area contributed by atoms with E-state index < -0.39 is 0 Å². The third-order valence-corrected chi connectivity index (χ3v) is 4.99. The highest BCUT2D eigenvalue weighted by Crippen LogP contribution is 2.33. The van der Waals surface area contributed by atoms with Crippen LogP contribution in [0.4, 0.5) is 0 Å². The molecule has 0 aliphatic carbocycles. The van der Waals surface area contributed by atoms with E-state index in [1.54, 1.807) is 18.2 Å². The van der Waals surface area contributed by atoms with Crippen molar-refractivity contribution in [2.45, 2.75) is 26.2 Å². The summed E-state index contributed by atoms with van der Waals surface area (Å²) in [6.45, 7) is 4.40. The second-order valence-corrected chi connectivity index (χ2v) is 6.87. The predicted octanol–water partition coefficient (Wildman–Crippen LogP) is 6.31. The molecule has 1 heterocycles. The third-order valence-electron chi connectivity index (χ3n) is 4.99. The van der Waals surface area contributed by atoms with Crippen molar-refractivity contribution >= 4 is 10.9 Å². The normalized spacial score (nSPS) is 12.1. The molecule has 1 aromatic heterocycles. The van der Waals surface area contributed by atoms with Gasteiger partial charge in [0.1, 0.15) is 11.5 Å². The number of hydrogen-bond acceptors (Lipinski definition) is 4. The molecular weight excluding hydrogens is 348 g/mol. The summed E-state index contributed by atoms with van der Waals surface area (Å²) >= 11 is 0. The van der Waals surface area contributed by atoms with E-state index in [0.29, 0.717) is 23.2 Å². The van der Waals surface area contributed by atoms with Gasteiger partial charge in [0.25, 0.3) is 0 Å². The van der Waals surface area contributed by atoms with E-state index in [0.717, 1.165) is 23.1 Å². The van der Waals surface area contributed by atoms with Gasteiger partial charge in [-0.05, 0) is 54.3 Å². The first-order valence-corrected chi connectivity index (χ1v) is 9.48. The van der Waals surface area contributed by atoms with E-state index in [9.17, 15) is 5.11 Å². The molecule has 0 fully saturated rings. The lowest BCUT2D eigenvalue weighted by atomic mass is 9.99. The van der Waals surface area contributed by atoms with Crippen LogP contribution in [0.2, 0.25) is 0 Å². The molecule has 0 radical (unpaired) electrons. The lowest BCUT2D eigenvalue weighted by Crippen LogP contribution is -1.97. The Labute approximate surface area is 164 Å². The maximum absolute atomic E-state index is 10.2. The molecule has 1 unspecified atom stereocenters. The molecule has 1 N–H and O–H groups in total. The van der Waals surface area contributed by atoms with Crippen LogP contribution in [0.15, 0.2) is 72.8 Å². The number of hydrogen-bond donors (Lipinski definition) is 1. The summed E-state index contributed by atoms with van der Waals surface area (Å²) in [7, 11) is 0. The maximum Gasteiger partial charge on any atom is 0.230 e. The third kappa shape index (κ3) is 3.54. The number of benzene rings is 3. The SMILES string of the molecule is CCC(C)c1ccc(Oc2nc(-c3ccccc3O)nc3ccccc23)cc1. The number of ether oxygens (including phenoxy) is 1. The van der Waals surface area contributed by atoms with Crippen molar-refractivity contribution in [1.82, 2.24) is 9.97 Å². The summed E-state index contributed by atoms with van der Waals surface area (Å²) in [4.78, 5) is 9.21. The van der Waals surface area contributed by atoms with Crippen molar-refractivity contribution < 1.29 is 9.84 Å². The molecule has 0 saturated heterocycles. The van der Waals surface area contributed by atoms with Crippen molar-refractivity contribution in [2.24, 2.45) is 0 Å². The summed E-state index contributed by atoms with van der Waals surface area (Å²) in [6.07, 6.45) is 1.10. The Balaban J connectivity index is 1.76. The van der Waals surface area contributed by atoms with Crippen LogP contribution in [0.1, 0.15) is 31.7 Å². The van der Waals surface area contributed by atoms with Gasteiger partial charge in [-0.15, -0.1) is 0 Å². The Morgan fingerprint density at radius 3 is 2.36 bits per heavy atom. The van der Waals surface area contributed by atoms with Crippen molar-refractivity contribution in [3.05, 3.63) is 78.4 Å². The zero-order chi connectivity index (χ0) is 19.5. The lowest BCUT2D eigenvalue weighted by Gasteiger charge is -2.12. The van der Waals surface area contributed by atoms with Gasteiger partial charge in [-0.3, -0.25) is 0 Å². The summed E-state index contributed by atoms with van der Waals surface area (Å²) in [6, 6.07) is 22.9. The fourth-order valence-corrected chi connectivity index (χ4v) is 3.12. The van der Waals surface area contributed by atoms with E-state index in [1.165, 1.54) is 5.56 Å². The molecule has 3 aromatic carbocycles. The van der Waals surface area contributed by atoms with Crippen LogP contribution in [-0.4, -0.2) is 15.1 Å². The van der Waals surface area contributed by atoms with Crippen LogP contribution in [0, 0.1) is 0 Å². The van der Waals surface area contributed by atoms with Gasteiger partial charge in [0.15, 0.2) is 5.82 Å². The summed E-state index contributed by atoms with van der Waals surface area (Å²) in [5.74, 6) is 2.28. The summed E-state index contributed by atoms with van der Waals surface area (Å²) in [5, 5.41) is 11.0. The fourth-order valence-electron chi connectivity index (χ4n) is 3.12. The molecule has 4 rings (SSSR count). The average Bonchev–Trinajstić information content (AvgIpc) is 2.74. The Morgan fingerprint density at radius 2 is 1.61 bits per heavy atom. The summed E-state index contributed by atoms with van der Waals surface area (Å²) in [5.41, 5.74) is 2.63. The number of nitrogens with zero attached hydrogens (tertiary/aromatic N) is 2. The molecule has 140 valence electrons. The van der Waals surface area contributed by atoms with Crippen molar-refractivity contribution in [2.75, 3.05) is 0 Å². The lowest BCUT2D eigenvalue weighted by molar-refractivity contribution is 0.467. The largest absolute Gasteiger partial charge is 0.507 e. The standard InChI is InChI=1S/C24H22N2O2/c1-3-16(2)17-12-14-18(15-13-17)28-24-19-8-4-6-10-21(19)25-23(26-24)20-9-5-7-11-22(20)27/h4-16,27H,3H2,1-2H3. The molecule has 4 heteroatoms. The number of rotatable bonds is 5. The van der Waals surface area contributed by atoms with Gasteiger partial charge >= 0.3 is 0 Å². The molecule has 0 aliphatic heterocycles. The smallest absolute Gasteiger partial charge is 0.230 e. The van der Waals surface area contributed by atoms with Crippen LogP contribution in [-0.2, 0) is 0 Å². The minimum atomic E-state index is 0.140. The molecule has 1 atom stereocenters. The van der Waals surface area contributed by atoms with E-state index in [1.807, 2.05) is 42.5 Å². The highest BCUT2D eigenvalue weighted by atomic mass is 16.5. The molecule has 4 nitrogen and oxygen atoms in total. The molecule has 4 aromatic rings. The van der Waals surface area contributed by atoms with Crippen LogP contribution in [0.3, 0.4) is 0 Å². The highest BCUT2D eigenvalue weighted by molar-refractivity contribution is 5.85. The second kappa shape index (κ2) is 7.69. The fraction of sp³-hybridized carbons (Fsp3) is 0.167. The van der Waals surface area contributed by atoms with Gasteiger partial charge in [0.05, 0.1) is 16.5 Å². The minimum absolute atomic E-state index is 0.140. The number of para-hydroxylation sites is 2. The number of fused-ring (bicyclic) bond motifs is 1. The van der Waals surface area contributed by atoms with Gasteiger partial charge in [0.2, 0.25) is 5.88 Å². The first kappa shape index (κ1) is 18.0. The highest BCUT2D eigenvalue weighted by Gasteiger charge is 2.14. The number of aromatic nitrogens is 2. The maximum atomic E-state index is 10.2. The molecule has 0 saturated carbocycles. The van der Waals surface area contributed by atoms with Crippen molar-refractivity contribution in [3.63, 3.8) is 0 Å². The average molecular weight is 370 g/mol. The van der Waals surface area contributed by atoms with E-state index in [2.05, 4.69) is 35.9 Å². The molecule has 28 heavy (non-hydrogen) atoms. The predicted molar refractivity (Wildman–Crippen MR) is 112 cm³/mol. The first-order chi connectivity index (χ1) is 13.7. The van der Waals surface area contributed by atoms with Crippen LogP contribution >= 0.6 is 0 Å². The molecule has 0 aliphatic rings. The van der Waals surface area contributed by atoms with Crippen molar-refractivity contribution in [3.8, 4) is 28.8 Å². The zero-order valence-corrected chi connectivity index (χ0v) is 16.0. The van der Waals surface area contributed by atoms with Gasteiger partial charge in [0, 0.05) is 0 Å². The van der Waals surface area contributed by atoms with Gasteiger partial charge in [-0.25, -0.2) is 4.98 Å². The Bertz CT molecular complexity index is 1110. The number of aromatic hydroxyl groups is 1.